The van der Waals surface area contributed by atoms with Crippen LogP contribution in [0, 0.1) is 24.7 Å². The highest BCUT2D eigenvalue weighted by molar-refractivity contribution is 5.99. The van der Waals surface area contributed by atoms with Crippen molar-refractivity contribution in [1.29, 1.82) is 0 Å². The minimum atomic E-state index is 0.00673. The molecule has 0 bridgehead atoms. The molecule has 0 atom stereocenters. The van der Waals surface area contributed by atoms with Crippen molar-refractivity contribution in [2.45, 2.75) is 64.8 Å². The Balaban J connectivity index is 0.989. The van der Waals surface area contributed by atoms with E-state index in [1.54, 1.807) is 0 Å². The van der Waals surface area contributed by atoms with Gasteiger partial charge in [-0.1, -0.05) is 18.9 Å². The zero-order valence-corrected chi connectivity index (χ0v) is 24.2. The molecule has 1 saturated heterocycles. The van der Waals surface area contributed by atoms with Gasteiger partial charge in [-0.05, 0) is 75.0 Å². The Morgan fingerprint density at radius 1 is 1.00 bits per heavy atom. The van der Waals surface area contributed by atoms with Crippen LogP contribution in [-0.4, -0.2) is 70.8 Å². The molecule has 2 aromatic rings. The first-order valence-electron chi connectivity index (χ1n) is 15.4. The van der Waals surface area contributed by atoms with Gasteiger partial charge < -0.3 is 20.4 Å². The van der Waals surface area contributed by atoms with Crippen LogP contribution in [0.3, 0.4) is 0 Å². The molecular weight excluding hydrogens is 502 g/mol. The molecule has 9 heteroatoms. The minimum absolute atomic E-state index is 0.00673. The molecule has 9 nitrogen and oxygen atoms in total. The third-order valence-electron chi connectivity index (χ3n) is 9.69. The first-order chi connectivity index (χ1) is 19.4. The summed E-state index contributed by atoms with van der Waals surface area (Å²) in [5.41, 5.74) is 4.06. The second kappa shape index (κ2) is 11.8. The van der Waals surface area contributed by atoms with E-state index in [-0.39, 0.29) is 17.9 Å². The molecule has 2 aliphatic heterocycles. The lowest BCUT2D eigenvalue weighted by Gasteiger charge is -2.36. The number of carbonyl (C=O) groups excluding carboxylic acids is 2. The van der Waals surface area contributed by atoms with Crippen LogP contribution in [0.25, 0.3) is 0 Å². The average Bonchev–Trinajstić information content (AvgIpc) is 3.57. The van der Waals surface area contributed by atoms with Crippen molar-refractivity contribution in [1.82, 2.24) is 24.9 Å². The van der Waals surface area contributed by atoms with E-state index in [4.69, 9.17) is 0 Å². The number of carbonyl (C=O) groups is 2. The zero-order chi connectivity index (χ0) is 27.6. The maximum Gasteiger partial charge on any atom is 0.317 e. The molecule has 0 unspecified atom stereocenters. The first-order valence-corrected chi connectivity index (χ1v) is 15.4. The van der Waals surface area contributed by atoms with Crippen molar-refractivity contribution >= 4 is 29.1 Å². The smallest absolute Gasteiger partial charge is 0.317 e. The van der Waals surface area contributed by atoms with Crippen molar-refractivity contribution in [2.24, 2.45) is 24.8 Å². The third kappa shape index (κ3) is 5.85. The van der Waals surface area contributed by atoms with E-state index < -0.39 is 0 Å². The highest BCUT2D eigenvalue weighted by Gasteiger charge is 2.34. The van der Waals surface area contributed by atoms with Gasteiger partial charge in [0, 0.05) is 57.8 Å². The number of hydrogen-bond donors (Lipinski definition) is 2. The summed E-state index contributed by atoms with van der Waals surface area (Å²) in [6.45, 7) is 8.14. The summed E-state index contributed by atoms with van der Waals surface area (Å²) < 4.78 is 1.84. The number of aromatic nitrogens is 2. The van der Waals surface area contributed by atoms with Crippen molar-refractivity contribution in [3.63, 3.8) is 0 Å². The standard InChI is InChI=1S/C31H45N7O2/c1-22-7-12-28-27(17-22)34-29-26(19-33-35(29)2)21-38(28)30(39)25-10-8-23(9-11-25)18-32-31(40)37-15-13-36(14-16-37)20-24-5-3-4-6-24/h7,12,17,19,23-25,34H,3-6,8-11,13-16,18,20-21H2,1-2H3,(H,32,40). The molecule has 1 aromatic heterocycles. The van der Waals surface area contributed by atoms with E-state index in [0.717, 1.165) is 86.1 Å². The highest BCUT2D eigenvalue weighted by atomic mass is 16.2. The quantitative estimate of drug-likeness (QED) is 0.570. The first kappa shape index (κ1) is 27.1. The molecule has 1 aromatic carbocycles. The fourth-order valence-electron chi connectivity index (χ4n) is 7.19. The summed E-state index contributed by atoms with van der Waals surface area (Å²) in [5.74, 6) is 2.44. The zero-order valence-electron chi connectivity index (χ0n) is 24.2. The van der Waals surface area contributed by atoms with Gasteiger partial charge in [0.15, 0.2) is 0 Å². The second-order valence-corrected chi connectivity index (χ2v) is 12.6. The topological polar surface area (TPSA) is 85.7 Å². The molecular formula is C31H45N7O2. The van der Waals surface area contributed by atoms with Gasteiger partial charge >= 0.3 is 6.03 Å². The number of hydrogen-bond acceptors (Lipinski definition) is 5. The Kier molecular flexibility index (Phi) is 8.01. The largest absolute Gasteiger partial charge is 0.338 e. The lowest BCUT2D eigenvalue weighted by molar-refractivity contribution is -0.123. The predicted molar refractivity (Wildman–Crippen MR) is 158 cm³/mol. The molecule has 216 valence electrons. The molecule has 2 N–H and O–H groups in total. The van der Waals surface area contributed by atoms with E-state index in [9.17, 15) is 9.59 Å². The summed E-state index contributed by atoms with van der Waals surface area (Å²) >= 11 is 0. The van der Waals surface area contributed by atoms with E-state index in [1.165, 1.54) is 32.2 Å². The summed E-state index contributed by atoms with van der Waals surface area (Å²) in [6.07, 6.45) is 11.1. The van der Waals surface area contributed by atoms with Gasteiger partial charge in [-0.2, -0.15) is 5.10 Å². The molecule has 0 radical (unpaired) electrons. The molecule has 3 fully saturated rings. The van der Waals surface area contributed by atoms with Crippen LogP contribution in [0.15, 0.2) is 24.4 Å². The van der Waals surface area contributed by atoms with Gasteiger partial charge in [0.2, 0.25) is 5.91 Å². The Morgan fingerprint density at radius 2 is 1.75 bits per heavy atom. The Morgan fingerprint density at radius 3 is 2.50 bits per heavy atom. The lowest BCUT2D eigenvalue weighted by Crippen LogP contribution is -2.53. The molecule has 2 saturated carbocycles. The van der Waals surface area contributed by atoms with Gasteiger partial charge in [-0.25, -0.2) is 4.79 Å². The highest BCUT2D eigenvalue weighted by Crippen LogP contribution is 2.39. The molecule has 0 spiro atoms. The summed E-state index contributed by atoms with van der Waals surface area (Å²) in [6, 6.07) is 6.32. The molecule has 6 rings (SSSR count). The van der Waals surface area contributed by atoms with E-state index >= 15 is 0 Å². The third-order valence-corrected chi connectivity index (χ3v) is 9.69. The number of urea groups is 1. The van der Waals surface area contributed by atoms with Crippen molar-refractivity contribution in [2.75, 3.05) is 49.5 Å². The summed E-state index contributed by atoms with van der Waals surface area (Å²) in [5, 5.41) is 11.2. The average molecular weight is 548 g/mol. The summed E-state index contributed by atoms with van der Waals surface area (Å²) in [4.78, 5) is 33.2. The van der Waals surface area contributed by atoms with Crippen LogP contribution in [0.2, 0.25) is 0 Å². The number of anilines is 3. The van der Waals surface area contributed by atoms with Gasteiger partial charge in [-0.15, -0.1) is 0 Å². The number of nitrogens with one attached hydrogen (secondary N) is 2. The maximum atomic E-state index is 13.9. The second-order valence-electron chi connectivity index (χ2n) is 12.6. The number of aryl methyl sites for hydroxylation is 2. The monoisotopic (exact) mass is 547 g/mol. The van der Waals surface area contributed by atoms with Gasteiger partial charge in [0.05, 0.1) is 24.1 Å². The van der Waals surface area contributed by atoms with E-state index in [0.29, 0.717) is 19.0 Å². The minimum Gasteiger partial charge on any atom is -0.338 e. The molecule has 2 aliphatic carbocycles. The fourth-order valence-corrected chi connectivity index (χ4v) is 7.19. The molecule has 4 aliphatic rings. The van der Waals surface area contributed by atoms with Crippen molar-refractivity contribution in [3.05, 3.63) is 35.5 Å². The van der Waals surface area contributed by atoms with Gasteiger partial charge in [-0.3, -0.25) is 14.4 Å². The number of nitrogens with zero attached hydrogens (tertiary/aromatic N) is 5. The number of fused-ring (bicyclic) bond motifs is 2. The Labute approximate surface area is 238 Å². The van der Waals surface area contributed by atoms with Crippen LogP contribution < -0.4 is 15.5 Å². The van der Waals surface area contributed by atoms with Crippen molar-refractivity contribution < 1.29 is 9.59 Å². The lowest BCUT2D eigenvalue weighted by atomic mass is 9.81. The summed E-state index contributed by atoms with van der Waals surface area (Å²) in [7, 11) is 1.93. The van der Waals surface area contributed by atoms with E-state index in [1.807, 2.05) is 27.7 Å². The number of piperazine rings is 1. The van der Waals surface area contributed by atoms with Crippen LogP contribution in [0.5, 0.6) is 0 Å². The molecule has 3 heterocycles. The van der Waals surface area contributed by atoms with Crippen LogP contribution in [0.4, 0.5) is 22.0 Å². The SMILES string of the molecule is Cc1ccc2c(c1)Nc1c(cnn1C)CN2C(=O)C1CCC(CNC(=O)N2CCN(CC3CCCC3)CC2)CC1. The Bertz CT molecular complexity index is 1200. The maximum absolute atomic E-state index is 13.9. The van der Waals surface area contributed by atoms with Crippen LogP contribution >= 0.6 is 0 Å². The predicted octanol–water partition coefficient (Wildman–Crippen LogP) is 4.64. The fraction of sp³-hybridized carbons (Fsp3) is 0.645. The van der Waals surface area contributed by atoms with Crippen LogP contribution in [0.1, 0.15) is 62.5 Å². The van der Waals surface area contributed by atoms with Gasteiger partial charge in [0.25, 0.3) is 0 Å². The van der Waals surface area contributed by atoms with Crippen molar-refractivity contribution in [3.8, 4) is 0 Å². The molecule has 3 amide bonds. The van der Waals surface area contributed by atoms with Gasteiger partial charge in [0.1, 0.15) is 5.82 Å². The number of benzene rings is 1. The normalized spacial score (nSPS) is 23.8. The van der Waals surface area contributed by atoms with E-state index in [2.05, 4.69) is 45.8 Å². The van der Waals surface area contributed by atoms with Crippen LogP contribution in [-0.2, 0) is 18.4 Å². The molecule has 40 heavy (non-hydrogen) atoms. The number of amides is 3. The Hall–Kier alpha value is -3.07. The number of rotatable bonds is 5.